The van der Waals surface area contributed by atoms with Gasteiger partial charge in [-0.1, -0.05) is 12.8 Å². The molecule has 2 aliphatic rings. The molecule has 0 amide bonds. The van der Waals surface area contributed by atoms with E-state index in [1.807, 2.05) is 11.3 Å². The minimum absolute atomic E-state index is 0.898. The van der Waals surface area contributed by atoms with Crippen LogP contribution in [-0.4, -0.2) is 30.6 Å². The molecule has 0 radical (unpaired) electrons. The molecule has 2 heterocycles. The SMILES string of the molecule is Brc1csc(CNCCN2CCCC2C2CCCC2)c1. The van der Waals surface area contributed by atoms with Gasteiger partial charge in [-0.3, -0.25) is 4.90 Å². The van der Waals surface area contributed by atoms with Crippen molar-refractivity contribution in [3.05, 3.63) is 20.8 Å². The molecule has 2 fully saturated rings. The van der Waals surface area contributed by atoms with Gasteiger partial charge in [0, 0.05) is 40.4 Å². The molecule has 0 spiro atoms. The first-order valence-corrected chi connectivity index (χ1v) is 9.68. The summed E-state index contributed by atoms with van der Waals surface area (Å²) in [4.78, 5) is 4.18. The molecule has 1 aliphatic carbocycles. The van der Waals surface area contributed by atoms with Crippen molar-refractivity contribution < 1.29 is 0 Å². The maximum absolute atomic E-state index is 3.60. The first-order chi connectivity index (χ1) is 9.83. The van der Waals surface area contributed by atoms with Gasteiger partial charge in [0.2, 0.25) is 0 Å². The lowest BCUT2D eigenvalue weighted by molar-refractivity contribution is 0.191. The van der Waals surface area contributed by atoms with Crippen LogP contribution in [0.3, 0.4) is 0 Å². The highest BCUT2D eigenvalue weighted by Gasteiger charge is 2.32. The van der Waals surface area contributed by atoms with E-state index in [4.69, 9.17) is 0 Å². The Morgan fingerprint density at radius 2 is 2.10 bits per heavy atom. The van der Waals surface area contributed by atoms with Crippen LogP contribution in [0.4, 0.5) is 0 Å². The number of likely N-dealkylation sites (tertiary alicyclic amines) is 1. The normalized spacial score (nSPS) is 24.8. The van der Waals surface area contributed by atoms with E-state index in [-0.39, 0.29) is 0 Å². The lowest BCUT2D eigenvalue weighted by Gasteiger charge is -2.29. The average Bonchev–Trinajstić information content (AvgIpc) is 3.16. The topological polar surface area (TPSA) is 15.3 Å². The van der Waals surface area contributed by atoms with E-state index in [1.54, 1.807) is 0 Å². The van der Waals surface area contributed by atoms with Crippen molar-refractivity contribution in [2.75, 3.05) is 19.6 Å². The van der Waals surface area contributed by atoms with Gasteiger partial charge < -0.3 is 5.32 Å². The van der Waals surface area contributed by atoms with Crippen molar-refractivity contribution in [3.8, 4) is 0 Å². The van der Waals surface area contributed by atoms with Crippen molar-refractivity contribution in [2.45, 2.75) is 51.1 Å². The molecule has 1 aromatic rings. The van der Waals surface area contributed by atoms with Crippen LogP contribution in [0.2, 0.25) is 0 Å². The minimum atomic E-state index is 0.898. The third kappa shape index (κ3) is 3.85. The van der Waals surface area contributed by atoms with Crippen molar-refractivity contribution in [1.82, 2.24) is 10.2 Å². The summed E-state index contributed by atoms with van der Waals surface area (Å²) in [6.07, 6.45) is 8.78. The average molecular weight is 357 g/mol. The maximum atomic E-state index is 3.60. The number of nitrogens with zero attached hydrogens (tertiary/aromatic N) is 1. The van der Waals surface area contributed by atoms with Crippen molar-refractivity contribution >= 4 is 27.3 Å². The predicted molar refractivity (Wildman–Crippen MR) is 90.3 cm³/mol. The Hall–Kier alpha value is 0.1000. The number of halogens is 1. The third-order valence-electron chi connectivity index (χ3n) is 4.86. The van der Waals surface area contributed by atoms with E-state index in [2.05, 4.69) is 37.6 Å². The summed E-state index contributed by atoms with van der Waals surface area (Å²) >= 11 is 5.35. The molecule has 1 saturated heterocycles. The first-order valence-electron chi connectivity index (χ1n) is 8.00. The summed E-state index contributed by atoms with van der Waals surface area (Å²) in [6.45, 7) is 4.69. The molecule has 4 heteroatoms. The molecule has 1 atom stereocenters. The number of rotatable bonds is 6. The maximum Gasteiger partial charge on any atom is 0.0300 e. The minimum Gasteiger partial charge on any atom is -0.311 e. The Morgan fingerprint density at radius 1 is 1.25 bits per heavy atom. The van der Waals surface area contributed by atoms with Gasteiger partial charge in [0.15, 0.2) is 0 Å². The highest BCUT2D eigenvalue weighted by Crippen LogP contribution is 2.35. The van der Waals surface area contributed by atoms with E-state index in [9.17, 15) is 0 Å². The van der Waals surface area contributed by atoms with E-state index >= 15 is 0 Å². The van der Waals surface area contributed by atoms with Crippen LogP contribution in [0.25, 0.3) is 0 Å². The number of thiophene rings is 1. The molecule has 3 rings (SSSR count). The van der Waals surface area contributed by atoms with Gasteiger partial charge in [-0.2, -0.15) is 0 Å². The third-order valence-corrected chi connectivity index (χ3v) is 6.55. The second-order valence-electron chi connectivity index (χ2n) is 6.20. The van der Waals surface area contributed by atoms with E-state index in [0.29, 0.717) is 0 Å². The summed E-state index contributed by atoms with van der Waals surface area (Å²) in [5, 5.41) is 5.76. The molecular weight excluding hydrogens is 332 g/mol. The van der Waals surface area contributed by atoms with Gasteiger partial charge in [0.25, 0.3) is 0 Å². The highest BCUT2D eigenvalue weighted by molar-refractivity contribution is 9.10. The summed E-state index contributed by atoms with van der Waals surface area (Å²) in [5.41, 5.74) is 0. The van der Waals surface area contributed by atoms with Crippen LogP contribution in [0.15, 0.2) is 15.9 Å². The predicted octanol–water partition coefficient (Wildman–Crippen LogP) is 4.25. The molecule has 0 aromatic carbocycles. The quantitative estimate of drug-likeness (QED) is 0.766. The molecule has 112 valence electrons. The number of nitrogens with one attached hydrogen (secondary N) is 1. The van der Waals surface area contributed by atoms with Gasteiger partial charge in [0.1, 0.15) is 0 Å². The molecule has 1 aliphatic heterocycles. The van der Waals surface area contributed by atoms with Crippen molar-refractivity contribution in [1.29, 1.82) is 0 Å². The van der Waals surface area contributed by atoms with Gasteiger partial charge in [-0.15, -0.1) is 11.3 Å². The fourth-order valence-electron chi connectivity index (χ4n) is 3.89. The standard InChI is InChI=1S/C16H25BrN2S/c17-14-10-15(20-12-14)11-18-7-9-19-8-3-6-16(19)13-4-1-2-5-13/h10,12-13,16,18H,1-9,11H2. The van der Waals surface area contributed by atoms with E-state index < -0.39 is 0 Å². The lowest BCUT2D eigenvalue weighted by Crippen LogP contribution is -2.39. The second kappa shape index (κ2) is 7.39. The van der Waals surface area contributed by atoms with Crippen LogP contribution >= 0.6 is 27.3 Å². The van der Waals surface area contributed by atoms with Gasteiger partial charge in [-0.25, -0.2) is 0 Å². The molecule has 1 aromatic heterocycles. The molecule has 0 bridgehead atoms. The Morgan fingerprint density at radius 3 is 2.85 bits per heavy atom. The van der Waals surface area contributed by atoms with Crippen molar-refractivity contribution in [2.24, 2.45) is 5.92 Å². The summed E-state index contributed by atoms with van der Waals surface area (Å²) < 4.78 is 1.21. The van der Waals surface area contributed by atoms with Crippen LogP contribution in [0.5, 0.6) is 0 Å². The first kappa shape index (κ1) is 15.0. The smallest absolute Gasteiger partial charge is 0.0300 e. The summed E-state index contributed by atoms with van der Waals surface area (Å²) in [6, 6.07) is 3.12. The number of hydrogen-bond acceptors (Lipinski definition) is 3. The zero-order valence-electron chi connectivity index (χ0n) is 12.1. The van der Waals surface area contributed by atoms with Gasteiger partial charge in [0.05, 0.1) is 0 Å². The van der Waals surface area contributed by atoms with E-state index in [1.165, 1.54) is 61.0 Å². The van der Waals surface area contributed by atoms with Crippen LogP contribution in [0, 0.1) is 5.92 Å². The van der Waals surface area contributed by atoms with Crippen molar-refractivity contribution in [3.63, 3.8) is 0 Å². The van der Waals surface area contributed by atoms with E-state index in [0.717, 1.165) is 25.0 Å². The largest absolute Gasteiger partial charge is 0.311 e. The Labute approximate surface area is 135 Å². The number of hydrogen-bond donors (Lipinski definition) is 1. The molecule has 2 nitrogen and oxygen atoms in total. The Bertz CT molecular complexity index is 414. The second-order valence-corrected chi connectivity index (χ2v) is 8.11. The molecular formula is C16H25BrN2S. The molecule has 20 heavy (non-hydrogen) atoms. The molecule has 1 saturated carbocycles. The fourth-order valence-corrected chi connectivity index (χ4v) is 5.31. The molecule has 1 unspecified atom stereocenters. The van der Waals surface area contributed by atoms with Crippen LogP contribution in [-0.2, 0) is 6.54 Å². The summed E-state index contributed by atoms with van der Waals surface area (Å²) in [7, 11) is 0. The highest BCUT2D eigenvalue weighted by atomic mass is 79.9. The Balaban J connectivity index is 1.39. The van der Waals surface area contributed by atoms with Crippen LogP contribution < -0.4 is 5.32 Å². The zero-order valence-corrected chi connectivity index (χ0v) is 14.5. The Kier molecular flexibility index (Phi) is 5.55. The lowest BCUT2D eigenvalue weighted by atomic mass is 9.96. The zero-order chi connectivity index (χ0) is 13.8. The van der Waals surface area contributed by atoms with Crippen LogP contribution in [0.1, 0.15) is 43.4 Å². The van der Waals surface area contributed by atoms with Gasteiger partial charge >= 0.3 is 0 Å². The monoisotopic (exact) mass is 356 g/mol. The van der Waals surface area contributed by atoms with Gasteiger partial charge in [-0.05, 0) is 60.1 Å². The fraction of sp³-hybridized carbons (Fsp3) is 0.750. The summed E-state index contributed by atoms with van der Waals surface area (Å²) in [5.74, 6) is 1.01. The molecule has 1 N–H and O–H groups in total.